The Labute approximate surface area is 147 Å². The molecule has 1 aromatic heterocycles. The number of benzene rings is 1. The fourth-order valence-electron chi connectivity index (χ4n) is 3.25. The van der Waals surface area contributed by atoms with Crippen LogP contribution in [0.25, 0.3) is 11.4 Å². The predicted molar refractivity (Wildman–Crippen MR) is 95.2 cm³/mol. The Kier molecular flexibility index (Phi) is 4.38. The Balaban J connectivity index is 1.46. The number of hydrogen-bond donors (Lipinski definition) is 0. The largest absolute Gasteiger partial charge is 0.339 e. The minimum atomic E-state index is 0.0874. The SMILES string of the molecule is CCCCC1C=CCN1C(=O)c1ccc(-c2noc(C3CC3)n2)cc1. The summed E-state index contributed by atoms with van der Waals surface area (Å²) in [6.45, 7) is 2.88. The molecule has 1 atom stereocenters. The van der Waals surface area contributed by atoms with E-state index < -0.39 is 0 Å². The van der Waals surface area contributed by atoms with E-state index in [-0.39, 0.29) is 11.9 Å². The molecule has 5 nitrogen and oxygen atoms in total. The van der Waals surface area contributed by atoms with Crippen molar-refractivity contribution in [3.05, 3.63) is 47.9 Å². The summed E-state index contributed by atoms with van der Waals surface area (Å²) in [5, 5.41) is 4.05. The first-order chi connectivity index (χ1) is 12.3. The number of amides is 1. The van der Waals surface area contributed by atoms with Crippen LogP contribution in [0.1, 0.15) is 61.2 Å². The van der Waals surface area contributed by atoms with Crippen LogP contribution in [0.4, 0.5) is 0 Å². The van der Waals surface area contributed by atoms with Gasteiger partial charge in [-0.1, -0.05) is 49.2 Å². The van der Waals surface area contributed by atoms with E-state index in [1.165, 1.54) is 0 Å². The van der Waals surface area contributed by atoms with Crippen molar-refractivity contribution < 1.29 is 9.32 Å². The molecule has 4 rings (SSSR count). The third-order valence-electron chi connectivity index (χ3n) is 4.93. The lowest BCUT2D eigenvalue weighted by molar-refractivity contribution is 0.0743. The molecule has 25 heavy (non-hydrogen) atoms. The first-order valence-electron chi connectivity index (χ1n) is 9.18. The predicted octanol–water partition coefficient (Wildman–Crippen LogP) is 4.18. The smallest absolute Gasteiger partial charge is 0.254 e. The van der Waals surface area contributed by atoms with Crippen molar-refractivity contribution in [3.8, 4) is 11.4 Å². The number of carbonyl (C=O) groups is 1. The summed E-state index contributed by atoms with van der Waals surface area (Å²) in [4.78, 5) is 19.2. The van der Waals surface area contributed by atoms with Crippen LogP contribution in [0, 0.1) is 0 Å². The second-order valence-corrected chi connectivity index (χ2v) is 6.90. The van der Waals surface area contributed by atoms with Gasteiger partial charge < -0.3 is 9.42 Å². The maximum atomic E-state index is 12.8. The van der Waals surface area contributed by atoms with Crippen LogP contribution >= 0.6 is 0 Å². The van der Waals surface area contributed by atoms with Gasteiger partial charge in [0.2, 0.25) is 11.7 Å². The zero-order valence-corrected chi connectivity index (χ0v) is 14.5. The first kappa shape index (κ1) is 16.1. The van der Waals surface area contributed by atoms with Gasteiger partial charge in [-0.2, -0.15) is 4.98 Å². The molecule has 0 spiro atoms. The fourth-order valence-corrected chi connectivity index (χ4v) is 3.25. The highest BCUT2D eigenvalue weighted by molar-refractivity contribution is 5.95. The Bertz CT molecular complexity index is 774. The third kappa shape index (κ3) is 3.36. The maximum absolute atomic E-state index is 12.8. The lowest BCUT2D eigenvalue weighted by atomic mass is 10.1. The minimum absolute atomic E-state index is 0.0874. The van der Waals surface area contributed by atoms with Crippen molar-refractivity contribution in [1.29, 1.82) is 0 Å². The summed E-state index contributed by atoms with van der Waals surface area (Å²) in [7, 11) is 0. The molecule has 1 unspecified atom stereocenters. The van der Waals surface area contributed by atoms with Gasteiger partial charge in [0.05, 0.1) is 6.04 Å². The lowest BCUT2D eigenvalue weighted by Gasteiger charge is -2.24. The molecule has 130 valence electrons. The minimum Gasteiger partial charge on any atom is -0.339 e. The number of hydrogen-bond acceptors (Lipinski definition) is 4. The van der Waals surface area contributed by atoms with Gasteiger partial charge in [0.25, 0.3) is 5.91 Å². The highest BCUT2D eigenvalue weighted by Crippen LogP contribution is 2.39. The highest BCUT2D eigenvalue weighted by atomic mass is 16.5. The number of nitrogens with zero attached hydrogens (tertiary/aromatic N) is 3. The number of rotatable bonds is 6. The number of carbonyl (C=O) groups excluding carboxylic acids is 1. The van der Waals surface area contributed by atoms with E-state index in [9.17, 15) is 4.79 Å². The lowest BCUT2D eigenvalue weighted by Crippen LogP contribution is -2.36. The third-order valence-corrected chi connectivity index (χ3v) is 4.93. The van der Waals surface area contributed by atoms with Gasteiger partial charge in [-0.25, -0.2) is 0 Å². The molecule has 0 radical (unpaired) electrons. The van der Waals surface area contributed by atoms with E-state index in [0.29, 0.717) is 23.9 Å². The Hall–Kier alpha value is -2.43. The average molecular weight is 337 g/mol. The molecule has 1 aliphatic carbocycles. The molecule has 1 aliphatic heterocycles. The molecule has 0 N–H and O–H groups in total. The summed E-state index contributed by atoms with van der Waals surface area (Å²) in [5.41, 5.74) is 1.59. The zero-order chi connectivity index (χ0) is 17.2. The second kappa shape index (κ2) is 6.82. The molecule has 1 saturated carbocycles. The first-order valence-corrected chi connectivity index (χ1v) is 9.18. The van der Waals surface area contributed by atoms with Crippen LogP contribution in [-0.4, -0.2) is 33.5 Å². The Morgan fingerprint density at radius 3 is 2.80 bits per heavy atom. The van der Waals surface area contributed by atoms with Crippen LogP contribution in [0.3, 0.4) is 0 Å². The summed E-state index contributed by atoms with van der Waals surface area (Å²) in [6.07, 6.45) is 9.83. The van der Waals surface area contributed by atoms with E-state index in [2.05, 4.69) is 29.2 Å². The topological polar surface area (TPSA) is 59.2 Å². The molecular formula is C20H23N3O2. The van der Waals surface area contributed by atoms with Gasteiger partial charge in [-0.3, -0.25) is 4.79 Å². The van der Waals surface area contributed by atoms with Crippen LogP contribution in [-0.2, 0) is 0 Å². The maximum Gasteiger partial charge on any atom is 0.254 e. The van der Waals surface area contributed by atoms with Gasteiger partial charge in [0.1, 0.15) is 0 Å². The molecule has 1 aromatic carbocycles. The van der Waals surface area contributed by atoms with E-state index in [1.54, 1.807) is 0 Å². The van der Waals surface area contributed by atoms with E-state index in [4.69, 9.17) is 4.52 Å². The number of aromatic nitrogens is 2. The quantitative estimate of drug-likeness (QED) is 0.742. The van der Waals surface area contributed by atoms with E-state index in [0.717, 1.165) is 43.6 Å². The summed E-state index contributed by atoms with van der Waals surface area (Å²) < 4.78 is 5.31. The van der Waals surface area contributed by atoms with Gasteiger partial charge in [-0.05, 0) is 31.4 Å². The highest BCUT2D eigenvalue weighted by Gasteiger charge is 2.30. The molecule has 0 saturated heterocycles. The molecule has 1 fully saturated rings. The van der Waals surface area contributed by atoms with E-state index >= 15 is 0 Å². The monoisotopic (exact) mass is 337 g/mol. The van der Waals surface area contributed by atoms with Crippen LogP contribution in [0.2, 0.25) is 0 Å². The van der Waals surface area contributed by atoms with Crippen molar-refractivity contribution in [1.82, 2.24) is 15.0 Å². The summed E-state index contributed by atoms with van der Waals surface area (Å²) >= 11 is 0. The van der Waals surface area contributed by atoms with Crippen molar-refractivity contribution in [2.24, 2.45) is 0 Å². The standard InChI is InChI=1S/C20H23N3O2/c1-2-3-5-17-6-4-13-23(17)20(24)16-11-7-14(8-12-16)18-21-19(25-22-18)15-9-10-15/h4,6-8,11-12,15,17H,2-3,5,9-10,13H2,1H3. The molecule has 2 heterocycles. The number of unbranched alkanes of at least 4 members (excludes halogenated alkanes) is 1. The summed E-state index contributed by atoms with van der Waals surface area (Å²) in [6, 6.07) is 7.75. The van der Waals surface area contributed by atoms with Crippen molar-refractivity contribution in [2.75, 3.05) is 6.54 Å². The van der Waals surface area contributed by atoms with Crippen molar-refractivity contribution in [2.45, 2.75) is 51.0 Å². The average Bonchev–Trinajstić information content (AvgIpc) is 3.20. The van der Waals surface area contributed by atoms with Gasteiger partial charge in [0.15, 0.2) is 0 Å². The fraction of sp³-hybridized carbons (Fsp3) is 0.450. The molecule has 5 heteroatoms. The normalized spacial score (nSPS) is 19.6. The van der Waals surface area contributed by atoms with Gasteiger partial charge >= 0.3 is 0 Å². The van der Waals surface area contributed by atoms with Gasteiger partial charge in [0, 0.05) is 23.6 Å². The van der Waals surface area contributed by atoms with Crippen LogP contribution < -0.4 is 0 Å². The van der Waals surface area contributed by atoms with Crippen molar-refractivity contribution in [3.63, 3.8) is 0 Å². The van der Waals surface area contributed by atoms with Crippen LogP contribution in [0.5, 0.6) is 0 Å². The van der Waals surface area contributed by atoms with Crippen LogP contribution in [0.15, 0.2) is 40.9 Å². The molecule has 1 amide bonds. The molecule has 2 aliphatic rings. The second-order valence-electron chi connectivity index (χ2n) is 6.90. The van der Waals surface area contributed by atoms with Crippen molar-refractivity contribution >= 4 is 5.91 Å². The van der Waals surface area contributed by atoms with E-state index in [1.807, 2.05) is 29.2 Å². The Morgan fingerprint density at radius 1 is 1.28 bits per heavy atom. The molecule has 0 bridgehead atoms. The zero-order valence-electron chi connectivity index (χ0n) is 14.5. The van der Waals surface area contributed by atoms with Gasteiger partial charge in [-0.15, -0.1) is 0 Å². The summed E-state index contributed by atoms with van der Waals surface area (Å²) in [5.74, 6) is 1.87. The Morgan fingerprint density at radius 2 is 2.08 bits per heavy atom. The molecular weight excluding hydrogens is 314 g/mol. The molecule has 2 aromatic rings.